The van der Waals surface area contributed by atoms with E-state index in [-0.39, 0.29) is 59.8 Å². The highest BCUT2D eigenvalue weighted by Crippen LogP contribution is 2.28. The van der Waals surface area contributed by atoms with Gasteiger partial charge >= 0.3 is 5.97 Å². The molecule has 0 spiro atoms. The van der Waals surface area contributed by atoms with Crippen LogP contribution in [0.1, 0.15) is 103 Å². The highest BCUT2D eigenvalue weighted by Gasteiger charge is 2.24. The van der Waals surface area contributed by atoms with E-state index in [1.807, 2.05) is 62.4 Å². The molecule has 0 fully saturated rings. The van der Waals surface area contributed by atoms with Crippen molar-refractivity contribution in [3.05, 3.63) is 95.6 Å². The van der Waals surface area contributed by atoms with Crippen LogP contribution in [0, 0.1) is 29.6 Å². The number of ketones is 3. The second-order valence-corrected chi connectivity index (χ2v) is 13.7. The fourth-order valence-corrected chi connectivity index (χ4v) is 6.56. The van der Waals surface area contributed by atoms with Crippen molar-refractivity contribution in [3.8, 4) is 0 Å². The number of allylic oxidation sites excluding steroid dienone is 4. The van der Waals surface area contributed by atoms with Gasteiger partial charge in [-0.15, -0.1) is 0 Å². The Labute approximate surface area is 283 Å². The number of esters is 1. The molecule has 2 aromatic rings. The molecule has 0 amide bonds. The average molecular weight is 641 g/mol. The van der Waals surface area contributed by atoms with Gasteiger partial charge in [-0.2, -0.15) is 0 Å². The molecule has 5 heteroatoms. The second kappa shape index (κ2) is 20.6. The topological polar surface area (TPSA) is 77.5 Å². The molecule has 1 aliphatic rings. The third kappa shape index (κ3) is 14.4. The van der Waals surface area contributed by atoms with Gasteiger partial charge < -0.3 is 4.74 Å². The Kier molecular flexibility index (Phi) is 16.6. The predicted octanol–water partition coefficient (Wildman–Crippen LogP) is 9.28. The number of carbonyl (C=O) groups excluding carboxylic acids is 4. The molecule has 0 aromatic heterocycles. The summed E-state index contributed by atoms with van der Waals surface area (Å²) in [6, 6.07) is 20.3. The van der Waals surface area contributed by atoms with Crippen molar-refractivity contribution in [3.63, 3.8) is 0 Å². The SMILES string of the molecule is CCOC(=O)CCC(CC(=O)CC(C)C(=O)CCC(CCc1ccccc1)CC(=O)C(C)CCC1=CC=CC1C)Cc1ccccc1. The summed E-state index contributed by atoms with van der Waals surface area (Å²) in [5, 5.41) is 0. The molecule has 0 N–H and O–H groups in total. The number of benzene rings is 2. The zero-order valence-corrected chi connectivity index (χ0v) is 29.1. The van der Waals surface area contributed by atoms with Gasteiger partial charge in [-0.25, -0.2) is 0 Å². The van der Waals surface area contributed by atoms with E-state index in [9.17, 15) is 19.2 Å². The van der Waals surface area contributed by atoms with Crippen LogP contribution in [0.15, 0.2) is 84.5 Å². The van der Waals surface area contributed by atoms with Crippen molar-refractivity contribution in [2.24, 2.45) is 29.6 Å². The van der Waals surface area contributed by atoms with Gasteiger partial charge in [0.25, 0.3) is 0 Å². The molecule has 47 heavy (non-hydrogen) atoms. The van der Waals surface area contributed by atoms with E-state index in [1.165, 1.54) is 11.1 Å². The van der Waals surface area contributed by atoms with Crippen LogP contribution in [0.5, 0.6) is 0 Å². The zero-order valence-electron chi connectivity index (χ0n) is 29.1. The number of hydrogen-bond donors (Lipinski definition) is 0. The predicted molar refractivity (Wildman–Crippen MR) is 190 cm³/mol. The first-order valence-corrected chi connectivity index (χ1v) is 17.8. The van der Waals surface area contributed by atoms with Gasteiger partial charge in [0.2, 0.25) is 0 Å². The number of Topliss-reactive ketones (excluding diaryl/α,β-unsaturated/α-hetero) is 3. The number of rotatable bonds is 23. The summed E-state index contributed by atoms with van der Waals surface area (Å²) < 4.78 is 5.11. The first-order chi connectivity index (χ1) is 22.6. The smallest absolute Gasteiger partial charge is 0.305 e. The lowest BCUT2D eigenvalue weighted by molar-refractivity contribution is -0.143. The molecular formula is C42H56O5. The minimum atomic E-state index is -0.371. The largest absolute Gasteiger partial charge is 0.466 e. The molecule has 2 aromatic carbocycles. The Morgan fingerprint density at radius 3 is 2.00 bits per heavy atom. The lowest BCUT2D eigenvalue weighted by Crippen LogP contribution is -2.21. The van der Waals surface area contributed by atoms with Gasteiger partial charge in [-0.05, 0) is 80.8 Å². The molecular weight excluding hydrogens is 584 g/mol. The number of hydrogen-bond acceptors (Lipinski definition) is 5. The van der Waals surface area contributed by atoms with Crippen molar-refractivity contribution in [1.82, 2.24) is 0 Å². The van der Waals surface area contributed by atoms with Crippen molar-refractivity contribution in [2.45, 2.75) is 105 Å². The standard InChI is InChI=1S/C42H56O5/c1-5-47-42(46)26-23-37(28-35-16-10-7-11-17-35)29-39(43)27-33(4)40(44)25-22-36(21-20-34-14-8-6-9-15-34)30-41(45)32(3)19-24-38-18-12-13-31(38)2/h6-18,31-33,36-37H,5,19-30H2,1-4H3. The molecule has 0 aliphatic heterocycles. The summed E-state index contributed by atoms with van der Waals surface area (Å²) in [5.74, 6) is 0.395. The molecule has 254 valence electrons. The highest BCUT2D eigenvalue weighted by molar-refractivity contribution is 5.88. The minimum Gasteiger partial charge on any atom is -0.466 e. The Morgan fingerprint density at radius 2 is 1.36 bits per heavy atom. The van der Waals surface area contributed by atoms with Gasteiger partial charge in [-0.1, -0.05) is 105 Å². The first kappa shape index (κ1) is 37.9. The summed E-state index contributed by atoms with van der Waals surface area (Å²) >= 11 is 0. The average Bonchev–Trinajstić information content (AvgIpc) is 3.48. The van der Waals surface area contributed by atoms with E-state index >= 15 is 0 Å². The molecule has 1 aliphatic carbocycles. The van der Waals surface area contributed by atoms with Crippen LogP contribution in [0.2, 0.25) is 0 Å². The van der Waals surface area contributed by atoms with E-state index in [4.69, 9.17) is 4.74 Å². The van der Waals surface area contributed by atoms with Crippen LogP contribution in [0.25, 0.3) is 0 Å². The first-order valence-electron chi connectivity index (χ1n) is 17.8. The number of aryl methyl sites for hydroxylation is 1. The lowest BCUT2D eigenvalue weighted by atomic mass is 9.83. The van der Waals surface area contributed by atoms with Crippen LogP contribution in [-0.2, 0) is 36.8 Å². The number of carbonyl (C=O) groups is 4. The zero-order chi connectivity index (χ0) is 34.0. The molecule has 0 bridgehead atoms. The van der Waals surface area contributed by atoms with Gasteiger partial charge in [0.15, 0.2) is 0 Å². The Balaban J connectivity index is 1.53. The molecule has 3 rings (SSSR count). The van der Waals surface area contributed by atoms with Crippen LogP contribution < -0.4 is 0 Å². The molecule has 0 saturated carbocycles. The summed E-state index contributed by atoms with van der Waals surface area (Å²) in [4.78, 5) is 51.9. The molecule has 5 unspecified atom stereocenters. The maximum Gasteiger partial charge on any atom is 0.305 e. The minimum absolute atomic E-state index is 0.0106. The Morgan fingerprint density at radius 1 is 0.702 bits per heavy atom. The quantitative estimate of drug-likeness (QED) is 0.113. The van der Waals surface area contributed by atoms with E-state index in [2.05, 4.69) is 37.3 Å². The Bertz CT molecular complexity index is 1330. The fraction of sp³-hybridized carbons (Fsp3) is 0.524. The monoisotopic (exact) mass is 640 g/mol. The Hall–Kier alpha value is -3.60. The normalized spacial score (nSPS) is 16.6. The van der Waals surface area contributed by atoms with Crippen LogP contribution in [0.4, 0.5) is 0 Å². The second-order valence-electron chi connectivity index (χ2n) is 13.7. The summed E-state index contributed by atoms with van der Waals surface area (Å²) in [5.41, 5.74) is 3.77. The van der Waals surface area contributed by atoms with E-state index in [0.717, 1.165) is 31.2 Å². The highest BCUT2D eigenvalue weighted by atomic mass is 16.5. The van der Waals surface area contributed by atoms with Gasteiger partial charge in [0.05, 0.1) is 6.61 Å². The third-order valence-electron chi connectivity index (χ3n) is 9.71. The van der Waals surface area contributed by atoms with E-state index < -0.39 is 0 Å². The van der Waals surface area contributed by atoms with Crippen molar-refractivity contribution < 1.29 is 23.9 Å². The number of ether oxygens (including phenoxy) is 1. The lowest BCUT2D eigenvalue weighted by Gasteiger charge is -2.20. The molecule has 0 radical (unpaired) electrons. The maximum absolute atomic E-state index is 13.3. The maximum atomic E-state index is 13.3. The van der Waals surface area contributed by atoms with Crippen LogP contribution in [-0.4, -0.2) is 29.9 Å². The van der Waals surface area contributed by atoms with Crippen molar-refractivity contribution in [2.75, 3.05) is 6.61 Å². The molecule has 0 heterocycles. The summed E-state index contributed by atoms with van der Waals surface area (Å²) in [6.45, 7) is 8.23. The van der Waals surface area contributed by atoms with Crippen molar-refractivity contribution >= 4 is 23.3 Å². The summed E-state index contributed by atoms with van der Waals surface area (Å²) in [7, 11) is 0. The van der Waals surface area contributed by atoms with Gasteiger partial charge in [-0.3, -0.25) is 19.2 Å². The molecule has 5 nitrogen and oxygen atoms in total. The van der Waals surface area contributed by atoms with E-state index in [0.29, 0.717) is 51.0 Å². The summed E-state index contributed by atoms with van der Waals surface area (Å²) in [6.07, 6.45) is 13.6. The molecule has 0 saturated heterocycles. The van der Waals surface area contributed by atoms with E-state index in [1.54, 1.807) is 6.92 Å². The van der Waals surface area contributed by atoms with Gasteiger partial charge in [0.1, 0.15) is 17.3 Å². The van der Waals surface area contributed by atoms with Crippen LogP contribution >= 0.6 is 0 Å². The molecule has 5 atom stereocenters. The van der Waals surface area contributed by atoms with Crippen LogP contribution in [0.3, 0.4) is 0 Å². The van der Waals surface area contributed by atoms with Gasteiger partial charge in [0, 0.05) is 43.9 Å². The third-order valence-corrected chi connectivity index (χ3v) is 9.71. The fourth-order valence-electron chi connectivity index (χ4n) is 6.56. The van der Waals surface area contributed by atoms with Crippen molar-refractivity contribution in [1.29, 1.82) is 0 Å².